The van der Waals surface area contributed by atoms with Gasteiger partial charge in [0.05, 0.1) is 0 Å². The third-order valence-corrected chi connectivity index (χ3v) is 1.16. The fourth-order valence-electron chi connectivity index (χ4n) is 0.402. The third-order valence-electron chi connectivity index (χ3n) is 0.727. The number of rotatable bonds is 0. The van der Waals surface area contributed by atoms with Gasteiger partial charge in [-0.25, -0.2) is 4.98 Å². The van der Waals surface area contributed by atoms with Crippen molar-refractivity contribution in [3.63, 3.8) is 0 Å². The molecule has 1 heterocycles. The largest absolute Gasteiger partial charge is 0.249 e. The predicted octanol–water partition coefficient (Wildman–Crippen LogP) is 2.15. The molecule has 0 spiro atoms. The Morgan fingerprint density at radius 2 is 2.75 bits per heavy atom. The SMILES string of the molecule is [2H]C([2H])([2H])c1ccnc(Br)c1. The van der Waals surface area contributed by atoms with Gasteiger partial charge in [0.15, 0.2) is 0 Å². The van der Waals surface area contributed by atoms with Gasteiger partial charge in [-0.2, -0.15) is 0 Å². The molecule has 1 rings (SSSR count). The molecule has 0 fully saturated rings. The highest BCUT2D eigenvalue weighted by Crippen LogP contribution is 2.05. The molecule has 0 atom stereocenters. The summed E-state index contributed by atoms with van der Waals surface area (Å²) in [7, 11) is 0. The number of aromatic nitrogens is 1. The van der Waals surface area contributed by atoms with Gasteiger partial charge in [-0.3, -0.25) is 0 Å². The van der Waals surface area contributed by atoms with E-state index < -0.39 is 6.85 Å². The van der Waals surface area contributed by atoms with Crippen LogP contribution in [0.5, 0.6) is 0 Å². The molecule has 8 heavy (non-hydrogen) atoms. The summed E-state index contributed by atoms with van der Waals surface area (Å²) in [6.45, 7) is -2.04. The van der Waals surface area contributed by atoms with Crippen LogP contribution in [0, 0.1) is 6.85 Å². The lowest BCUT2D eigenvalue weighted by Crippen LogP contribution is -1.73. The summed E-state index contributed by atoms with van der Waals surface area (Å²) in [6, 6.07) is 2.98. The van der Waals surface area contributed by atoms with Crippen LogP contribution < -0.4 is 0 Å². The topological polar surface area (TPSA) is 12.9 Å². The van der Waals surface area contributed by atoms with Crippen LogP contribution in [0.25, 0.3) is 0 Å². The van der Waals surface area contributed by atoms with E-state index in [0.717, 1.165) is 0 Å². The van der Waals surface area contributed by atoms with Crippen molar-refractivity contribution in [2.45, 2.75) is 6.85 Å². The monoisotopic (exact) mass is 174 g/mol. The molecule has 0 bridgehead atoms. The zero-order valence-corrected chi connectivity index (χ0v) is 5.64. The second kappa shape index (κ2) is 2.27. The van der Waals surface area contributed by atoms with E-state index in [1.807, 2.05) is 0 Å². The minimum atomic E-state index is -2.04. The van der Waals surface area contributed by atoms with Gasteiger partial charge in [0, 0.05) is 10.3 Å². The fourth-order valence-corrected chi connectivity index (χ4v) is 0.767. The Hall–Kier alpha value is -0.370. The molecule has 0 saturated carbocycles. The molecule has 0 amide bonds. The van der Waals surface area contributed by atoms with Gasteiger partial charge >= 0.3 is 0 Å². The van der Waals surface area contributed by atoms with Crippen LogP contribution in [0.15, 0.2) is 22.9 Å². The average molecular weight is 175 g/mol. The Balaban J connectivity index is 3.06. The zero-order valence-electron chi connectivity index (χ0n) is 7.06. The first kappa shape index (κ1) is 2.97. The van der Waals surface area contributed by atoms with E-state index in [1.165, 1.54) is 18.3 Å². The molecule has 1 nitrogen and oxygen atoms in total. The Labute approximate surface area is 61.1 Å². The molecule has 0 aliphatic carbocycles. The third kappa shape index (κ3) is 1.30. The molecule has 2 heteroatoms. The molecule has 0 unspecified atom stereocenters. The molecular formula is C6H6BrN. The van der Waals surface area contributed by atoms with E-state index in [1.54, 1.807) is 0 Å². The number of halogens is 1. The summed E-state index contributed by atoms with van der Waals surface area (Å²) >= 11 is 3.09. The Bertz CT molecular complexity index is 258. The van der Waals surface area contributed by atoms with E-state index in [0.29, 0.717) is 10.2 Å². The van der Waals surface area contributed by atoms with E-state index in [-0.39, 0.29) is 0 Å². The van der Waals surface area contributed by atoms with Gasteiger partial charge in [-0.15, -0.1) is 0 Å². The van der Waals surface area contributed by atoms with Crippen molar-refractivity contribution >= 4 is 15.9 Å². The number of hydrogen-bond donors (Lipinski definition) is 0. The van der Waals surface area contributed by atoms with Crippen LogP contribution >= 0.6 is 15.9 Å². The van der Waals surface area contributed by atoms with E-state index >= 15 is 0 Å². The van der Waals surface area contributed by atoms with Gasteiger partial charge in [0.2, 0.25) is 0 Å². The molecule has 0 N–H and O–H groups in total. The quantitative estimate of drug-likeness (QED) is 0.550. The van der Waals surface area contributed by atoms with E-state index in [4.69, 9.17) is 4.11 Å². The fraction of sp³-hybridized carbons (Fsp3) is 0.167. The Kier molecular flexibility index (Phi) is 0.841. The first-order chi connectivity index (χ1) is 5.00. The minimum absolute atomic E-state index is 0.305. The second-order valence-corrected chi connectivity index (χ2v) is 2.18. The van der Waals surface area contributed by atoms with Crippen LogP contribution in [0.4, 0.5) is 0 Å². The van der Waals surface area contributed by atoms with Crippen molar-refractivity contribution in [1.82, 2.24) is 4.98 Å². The van der Waals surface area contributed by atoms with Crippen LogP contribution in [-0.4, -0.2) is 4.98 Å². The van der Waals surface area contributed by atoms with Gasteiger partial charge in [-0.05, 0) is 40.5 Å². The Morgan fingerprint density at radius 1 is 1.88 bits per heavy atom. The Morgan fingerprint density at radius 3 is 3.25 bits per heavy atom. The molecule has 42 valence electrons. The highest BCUT2D eigenvalue weighted by molar-refractivity contribution is 9.10. The molecule has 1 aromatic heterocycles. The van der Waals surface area contributed by atoms with Gasteiger partial charge in [-0.1, -0.05) is 0 Å². The van der Waals surface area contributed by atoms with Crippen molar-refractivity contribution in [1.29, 1.82) is 0 Å². The maximum Gasteiger partial charge on any atom is 0.106 e. The van der Waals surface area contributed by atoms with E-state index in [9.17, 15) is 0 Å². The normalized spacial score (nSPS) is 16.4. The lowest BCUT2D eigenvalue weighted by Gasteiger charge is -1.88. The van der Waals surface area contributed by atoms with Gasteiger partial charge < -0.3 is 0 Å². The molecule has 0 aliphatic heterocycles. The van der Waals surface area contributed by atoms with E-state index in [2.05, 4.69) is 20.9 Å². The summed E-state index contributed by atoms with van der Waals surface area (Å²) < 4.78 is 21.7. The summed E-state index contributed by atoms with van der Waals surface area (Å²) in [5.41, 5.74) is 0.305. The predicted molar refractivity (Wildman–Crippen MR) is 36.7 cm³/mol. The number of hydrogen-bond acceptors (Lipinski definition) is 1. The summed E-state index contributed by atoms with van der Waals surface area (Å²) in [6.07, 6.45) is 1.46. The lowest BCUT2D eigenvalue weighted by molar-refractivity contribution is 1.24. The van der Waals surface area contributed by atoms with Gasteiger partial charge in [0.25, 0.3) is 0 Å². The smallest absolute Gasteiger partial charge is 0.106 e. The first-order valence-corrected chi connectivity index (χ1v) is 2.91. The molecule has 1 aromatic rings. The van der Waals surface area contributed by atoms with Crippen molar-refractivity contribution in [2.75, 3.05) is 0 Å². The van der Waals surface area contributed by atoms with Crippen LogP contribution in [0.2, 0.25) is 0 Å². The van der Waals surface area contributed by atoms with Crippen molar-refractivity contribution in [3.05, 3.63) is 28.5 Å². The van der Waals surface area contributed by atoms with Crippen LogP contribution in [0.3, 0.4) is 0 Å². The second-order valence-electron chi connectivity index (χ2n) is 1.37. The summed E-state index contributed by atoms with van der Waals surface area (Å²) in [5, 5.41) is 0. The van der Waals surface area contributed by atoms with Crippen LogP contribution in [-0.2, 0) is 0 Å². The zero-order chi connectivity index (χ0) is 8.48. The molecule has 0 aromatic carbocycles. The maximum absolute atomic E-state index is 7.05. The molecule has 0 aliphatic rings. The van der Waals surface area contributed by atoms with Crippen molar-refractivity contribution in [3.8, 4) is 0 Å². The maximum atomic E-state index is 7.05. The molecular weight excluding hydrogens is 166 g/mol. The molecule has 0 saturated heterocycles. The highest BCUT2D eigenvalue weighted by Gasteiger charge is 1.83. The summed E-state index contributed by atoms with van der Waals surface area (Å²) in [4.78, 5) is 3.82. The minimum Gasteiger partial charge on any atom is -0.249 e. The number of pyridine rings is 1. The van der Waals surface area contributed by atoms with Crippen molar-refractivity contribution < 1.29 is 4.11 Å². The van der Waals surface area contributed by atoms with Crippen LogP contribution in [0.1, 0.15) is 9.68 Å². The lowest BCUT2D eigenvalue weighted by atomic mass is 10.3. The number of aryl methyl sites for hydroxylation is 1. The summed E-state index contributed by atoms with van der Waals surface area (Å²) in [5.74, 6) is 0. The number of nitrogens with zero attached hydrogens (tertiary/aromatic N) is 1. The first-order valence-electron chi connectivity index (χ1n) is 3.62. The van der Waals surface area contributed by atoms with Gasteiger partial charge in [0.1, 0.15) is 4.60 Å². The molecule has 0 radical (unpaired) electrons. The standard InChI is InChI=1S/C6H6BrN/c1-5-2-3-8-6(7)4-5/h2-4H,1H3/i1D3. The van der Waals surface area contributed by atoms with Crippen molar-refractivity contribution in [2.24, 2.45) is 0 Å². The average Bonchev–Trinajstić information content (AvgIpc) is 1.86. The highest BCUT2D eigenvalue weighted by atomic mass is 79.9.